The van der Waals surface area contributed by atoms with Crippen LogP contribution in [0.5, 0.6) is 0 Å². The van der Waals surface area contributed by atoms with Crippen molar-refractivity contribution in [1.29, 1.82) is 0 Å². The Hall–Kier alpha value is -2.41. The molecule has 3 heterocycles. The molecule has 0 saturated heterocycles. The highest BCUT2D eigenvalue weighted by molar-refractivity contribution is 5.52. The summed E-state index contributed by atoms with van der Waals surface area (Å²) in [5, 5.41) is 10.4. The molecule has 0 bridgehead atoms. The van der Waals surface area contributed by atoms with E-state index in [9.17, 15) is 4.39 Å². The van der Waals surface area contributed by atoms with E-state index in [1.165, 1.54) is 18.6 Å². The van der Waals surface area contributed by atoms with Crippen LogP contribution in [0.3, 0.4) is 0 Å². The van der Waals surface area contributed by atoms with E-state index in [2.05, 4.69) is 30.5 Å². The lowest BCUT2D eigenvalue weighted by Gasteiger charge is -2.15. The molecule has 0 aromatic carbocycles. The van der Waals surface area contributed by atoms with Gasteiger partial charge < -0.3 is 5.32 Å². The van der Waals surface area contributed by atoms with E-state index in [0.717, 1.165) is 42.7 Å². The molecule has 2 aromatic heterocycles. The number of rotatable bonds is 1. The zero-order chi connectivity index (χ0) is 14.7. The Bertz CT molecular complexity index is 710. The maximum absolute atomic E-state index is 13.3. The number of nitrogens with zero attached hydrogens (tertiary/aromatic N) is 4. The monoisotopic (exact) mass is 286 g/mol. The van der Waals surface area contributed by atoms with Gasteiger partial charge in [0.25, 0.3) is 0 Å². The molecule has 0 unspecified atom stereocenters. The van der Waals surface area contributed by atoms with Crippen molar-refractivity contribution >= 4 is 0 Å². The van der Waals surface area contributed by atoms with Gasteiger partial charge in [0.15, 0.2) is 5.82 Å². The van der Waals surface area contributed by atoms with E-state index >= 15 is 0 Å². The van der Waals surface area contributed by atoms with E-state index < -0.39 is 5.82 Å². The Morgan fingerprint density at radius 2 is 2.19 bits per heavy atom. The number of H-pyrrole nitrogens is 1. The van der Waals surface area contributed by atoms with Gasteiger partial charge in [-0.05, 0) is 13.0 Å². The summed E-state index contributed by atoms with van der Waals surface area (Å²) in [7, 11) is 0. The summed E-state index contributed by atoms with van der Waals surface area (Å²) in [5.41, 5.74) is 3.46. The summed E-state index contributed by atoms with van der Waals surface area (Å²) in [6.45, 7) is 3.54. The number of pyridine rings is 1. The Kier molecular flexibility index (Phi) is 3.83. The van der Waals surface area contributed by atoms with Gasteiger partial charge in [0.2, 0.25) is 0 Å². The van der Waals surface area contributed by atoms with Crippen molar-refractivity contribution in [2.75, 3.05) is 6.54 Å². The van der Waals surface area contributed by atoms with Gasteiger partial charge in [0.1, 0.15) is 12.1 Å². The fourth-order valence-corrected chi connectivity index (χ4v) is 2.27. The third-order valence-electron chi connectivity index (χ3n) is 3.33. The van der Waals surface area contributed by atoms with Crippen LogP contribution in [0.2, 0.25) is 0 Å². The van der Waals surface area contributed by atoms with E-state index in [0.29, 0.717) is 11.4 Å². The molecule has 2 N–H and O–H groups in total. The zero-order valence-corrected chi connectivity index (χ0v) is 11.6. The van der Waals surface area contributed by atoms with Gasteiger partial charge in [0, 0.05) is 48.2 Å². The standard InChI is InChI=1S/C14H15FN6/c1-9-12-7-16-3-2-13(12)21-19-8-18-14(20-9)10-4-11(15)6-17-5-10/h4-6,8,16,21H,2-3,7H2,1H3. The smallest absolute Gasteiger partial charge is 0.162 e. The lowest BCUT2D eigenvalue weighted by Crippen LogP contribution is -2.25. The van der Waals surface area contributed by atoms with Gasteiger partial charge in [-0.15, -0.1) is 0 Å². The van der Waals surface area contributed by atoms with Crippen molar-refractivity contribution in [3.63, 3.8) is 0 Å². The first-order valence-electron chi connectivity index (χ1n) is 6.69. The minimum atomic E-state index is -0.419. The van der Waals surface area contributed by atoms with Crippen molar-refractivity contribution in [1.82, 2.24) is 30.5 Å². The highest BCUT2D eigenvalue weighted by atomic mass is 19.1. The lowest BCUT2D eigenvalue weighted by atomic mass is 10.1. The van der Waals surface area contributed by atoms with Crippen LogP contribution < -0.4 is 5.32 Å². The van der Waals surface area contributed by atoms with Crippen LogP contribution >= 0.6 is 0 Å². The quantitative estimate of drug-likeness (QED) is 0.830. The fourth-order valence-electron chi connectivity index (χ4n) is 2.27. The summed E-state index contributed by atoms with van der Waals surface area (Å²) < 4.78 is 13.3. The molecular formula is C14H15FN6. The van der Waals surface area contributed by atoms with Crippen molar-refractivity contribution in [3.8, 4) is 11.4 Å². The highest BCUT2D eigenvalue weighted by Crippen LogP contribution is 2.16. The second-order valence-electron chi connectivity index (χ2n) is 4.78. The summed E-state index contributed by atoms with van der Waals surface area (Å²) in [6.07, 6.45) is 4.93. The molecule has 1 aliphatic heterocycles. The molecule has 1 aliphatic rings. The first-order valence-corrected chi connectivity index (χ1v) is 6.69. The minimum Gasteiger partial charge on any atom is -0.312 e. The fraction of sp³-hybridized carbons (Fsp3) is 0.286. The summed E-state index contributed by atoms with van der Waals surface area (Å²) >= 11 is 0. The molecule has 21 heavy (non-hydrogen) atoms. The first-order chi connectivity index (χ1) is 10.2. The largest absolute Gasteiger partial charge is 0.312 e. The zero-order valence-electron chi connectivity index (χ0n) is 11.6. The van der Waals surface area contributed by atoms with Crippen molar-refractivity contribution in [3.05, 3.63) is 47.6 Å². The number of halogens is 1. The third kappa shape index (κ3) is 3.03. The number of hydrogen-bond acceptors (Lipinski definition) is 5. The predicted molar refractivity (Wildman–Crippen MR) is 75.1 cm³/mol. The Morgan fingerprint density at radius 1 is 1.29 bits per heavy atom. The van der Waals surface area contributed by atoms with Crippen LogP contribution in [0.1, 0.15) is 17.0 Å². The first kappa shape index (κ1) is 13.6. The Labute approximate surface area is 121 Å². The molecule has 0 saturated carbocycles. The van der Waals surface area contributed by atoms with Gasteiger partial charge in [-0.25, -0.2) is 14.4 Å². The number of aromatic nitrogens is 5. The molecule has 0 atom stereocenters. The number of aromatic amines is 1. The third-order valence-corrected chi connectivity index (χ3v) is 3.33. The average molecular weight is 286 g/mol. The number of aryl methyl sites for hydroxylation is 1. The Morgan fingerprint density at radius 3 is 3.05 bits per heavy atom. The maximum Gasteiger partial charge on any atom is 0.162 e. The molecule has 0 aliphatic carbocycles. The number of hydrogen-bond donors (Lipinski definition) is 2. The molecule has 7 heteroatoms. The van der Waals surface area contributed by atoms with Crippen molar-refractivity contribution < 1.29 is 4.39 Å². The van der Waals surface area contributed by atoms with Crippen LogP contribution in [0, 0.1) is 12.7 Å². The lowest BCUT2D eigenvalue weighted by molar-refractivity contribution is 0.620. The van der Waals surface area contributed by atoms with Gasteiger partial charge in [0.05, 0.1) is 6.20 Å². The van der Waals surface area contributed by atoms with Crippen LogP contribution in [0.15, 0.2) is 24.8 Å². The summed E-state index contributed by atoms with van der Waals surface area (Å²) in [6, 6.07) is 1.36. The summed E-state index contributed by atoms with van der Waals surface area (Å²) in [4.78, 5) is 12.5. The molecule has 0 amide bonds. The molecule has 6 nitrogen and oxygen atoms in total. The average Bonchev–Trinajstić information content (AvgIpc) is 2.57. The topological polar surface area (TPSA) is 79.4 Å². The maximum atomic E-state index is 13.3. The van der Waals surface area contributed by atoms with E-state index in [1.54, 1.807) is 0 Å². The van der Waals surface area contributed by atoms with E-state index in [4.69, 9.17) is 0 Å². The Balaban J connectivity index is 2.19. The molecule has 108 valence electrons. The van der Waals surface area contributed by atoms with Crippen LogP contribution in [-0.4, -0.2) is 31.7 Å². The van der Waals surface area contributed by atoms with Gasteiger partial charge in [-0.3, -0.25) is 10.1 Å². The van der Waals surface area contributed by atoms with Gasteiger partial charge >= 0.3 is 0 Å². The molecule has 3 rings (SSSR count). The molecule has 0 radical (unpaired) electrons. The second-order valence-corrected chi connectivity index (χ2v) is 4.78. The SMILES string of the molecule is Cc1nc(-c2cncc(F)c2)ncn[nH]c2c1CNCC2. The van der Waals surface area contributed by atoms with Gasteiger partial charge in [-0.1, -0.05) is 0 Å². The molecule has 0 fully saturated rings. The second kappa shape index (κ2) is 5.92. The van der Waals surface area contributed by atoms with Crippen LogP contribution in [0.25, 0.3) is 11.4 Å². The number of nitrogens with one attached hydrogen (secondary N) is 2. The minimum absolute atomic E-state index is 0.393. The molecular weight excluding hydrogens is 271 g/mol. The molecule has 2 aromatic rings. The normalized spacial score (nSPS) is 13.4. The van der Waals surface area contributed by atoms with Crippen molar-refractivity contribution in [2.45, 2.75) is 19.9 Å². The van der Waals surface area contributed by atoms with Crippen LogP contribution in [-0.2, 0) is 13.0 Å². The van der Waals surface area contributed by atoms with Gasteiger partial charge in [-0.2, -0.15) is 5.10 Å². The molecule has 0 spiro atoms. The number of fused-ring (bicyclic) bond motifs is 1. The highest BCUT2D eigenvalue weighted by Gasteiger charge is 2.11. The van der Waals surface area contributed by atoms with E-state index in [1.807, 2.05) is 6.92 Å². The van der Waals surface area contributed by atoms with E-state index in [-0.39, 0.29) is 0 Å². The van der Waals surface area contributed by atoms with Crippen LogP contribution in [0.4, 0.5) is 4.39 Å². The summed E-state index contributed by atoms with van der Waals surface area (Å²) in [5.74, 6) is -0.0263. The van der Waals surface area contributed by atoms with Crippen molar-refractivity contribution in [2.24, 2.45) is 0 Å². The predicted octanol–water partition coefficient (Wildman–Crippen LogP) is 1.48.